The summed E-state index contributed by atoms with van der Waals surface area (Å²) in [4.78, 5) is 27.9. The molecule has 7 nitrogen and oxygen atoms in total. The highest BCUT2D eigenvalue weighted by molar-refractivity contribution is 5.93. The van der Waals surface area contributed by atoms with Crippen LogP contribution >= 0.6 is 0 Å². The number of aliphatic imine (C=N–C) groups is 1. The van der Waals surface area contributed by atoms with Crippen molar-refractivity contribution < 1.29 is 9.53 Å². The first-order valence-electron chi connectivity index (χ1n) is 10.5. The maximum Gasteiger partial charge on any atom is 0.272 e. The van der Waals surface area contributed by atoms with E-state index in [1.54, 1.807) is 30.4 Å². The maximum atomic E-state index is 13.2. The molecule has 32 heavy (non-hydrogen) atoms. The smallest absolute Gasteiger partial charge is 0.272 e. The number of hydrogen-bond donors (Lipinski definition) is 0. The first-order chi connectivity index (χ1) is 15.6. The first kappa shape index (κ1) is 19.9. The number of rotatable bonds is 6. The quantitative estimate of drug-likeness (QED) is 0.602. The number of ether oxygens (including phenoxy) is 1. The zero-order chi connectivity index (χ0) is 22.1. The normalized spacial score (nSPS) is 14.0. The van der Waals surface area contributed by atoms with E-state index in [0.717, 1.165) is 40.7 Å². The van der Waals surface area contributed by atoms with Gasteiger partial charge in [0.05, 0.1) is 6.54 Å². The van der Waals surface area contributed by atoms with Crippen LogP contribution in [0.5, 0.6) is 5.88 Å². The molecule has 2 aromatic heterocycles. The Morgan fingerprint density at radius 3 is 2.78 bits per heavy atom. The number of fused-ring (bicyclic) bond motifs is 1. The number of nitrogens with zero attached hydrogens (tertiary/aromatic N) is 5. The summed E-state index contributed by atoms with van der Waals surface area (Å²) in [5.41, 5.74) is 5.14. The van der Waals surface area contributed by atoms with Crippen LogP contribution < -0.4 is 4.74 Å². The molecular weight excluding hydrogens is 402 g/mol. The molecule has 0 atom stereocenters. The second-order valence-corrected chi connectivity index (χ2v) is 8.00. The Morgan fingerprint density at radius 1 is 1.22 bits per heavy atom. The van der Waals surface area contributed by atoms with Gasteiger partial charge in [0, 0.05) is 37.1 Å². The van der Waals surface area contributed by atoms with E-state index in [1.807, 2.05) is 36.4 Å². The van der Waals surface area contributed by atoms with Gasteiger partial charge in [0.2, 0.25) is 5.88 Å². The third-order valence-corrected chi connectivity index (χ3v) is 5.61. The molecule has 1 saturated carbocycles. The third kappa shape index (κ3) is 3.83. The minimum absolute atomic E-state index is 0.167. The van der Waals surface area contributed by atoms with Crippen molar-refractivity contribution in [2.24, 2.45) is 4.99 Å². The third-order valence-electron chi connectivity index (χ3n) is 5.61. The van der Waals surface area contributed by atoms with Crippen LogP contribution in [0.4, 0.5) is 0 Å². The summed E-state index contributed by atoms with van der Waals surface area (Å²) in [5, 5.41) is 9.25. The number of nitriles is 1. The molecule has 0 spiro atoms. The molecule has 0 radical (unpaired) electrons. The summed E-state index contributed by atoms with van der Waals surface area (Å²) in [6, 6.07) is 15.6. The number of hydrogen-bond acceptors (Lipinski definition) is 6. The van der Waals surface area contributed by atoms with Crippen LogP contribution in [0.25, 0.3) is 11.1 Å². The monoisotopic (exact) mass is 423 g/mol. The molecule has 1 fully saturated rings. The van der Waals surface area contributed by atoms with Crippen molar-refractivity contribution in [2.45, 2.75) is 32.0 Å². The van der Waals surface area contributed by atoms with Gasteiger partial charge in [-0.3, -0.25) is 9.79 Å². The van der Waals surface area contributed by atoms with Crippen molar-refractivity contribution in [1.82, 2.24) is 14.9 Å². The zero-order valence-corrected chi connectivity index (χ0v) is 17.7. The Kier molecular flexibility index (Phi) is 5.12. The summed E-state index contributed by atoms with van der Waals surface area (Å²) >= 11 is 0. The number of carbonyl (C=O) groups excluding carboxylic acids is 1. The lowest BCUT2D eigenvalue weighted by molar-refractivity contribution is 0.0777. The van der Waals surface area contributed by atoms with Gasteiger partial charge in [-0.05, 0) is 41.7 Å². The standard InChI is InChI=1S/C25H21N5O2/c1-30(15-17-12-28-23(11-26)21-14-27-13-20(17)21)25(31)22-10-9-19(16-5-3-2-4-6-16)24(29-22)32-18-7-8-18/h2-6,9-10,12,14,18H,7-8,13,15H2,1H3. The molecule has 0 saturated heterocycles. The highest BCUT2D eigenvalue weighted by atomic mass is 16.5. The van der Waals surface area contributed by atoms with E-state index in [4.69, 9.17) is 4.74 Å². The fourth-order valence-electron chi connectivity index (χ4n) is 3.74. The number of amides is 1. The van der Waals surface area contributed by atoms with Crippen LogP contribution in [0, 0.1) is 11.3 Å². The van der Waals surface area contributed by atoms with E-state index in [0.29, 0.717) is 30.4 Å². The highest BCUT2D eigenvalue weighted by Gasteiger charge is 2.27. The van der Waals surface area contributed by atoms with E-state index in [2.05, 4.69) is 21.0 Å². The second-order valence-electron chi connectivity index (χ2n) is 8.00. The van der Waals surface area contributed by atoms with Gasteiger partial charge < -0.3 is 9.64 Å². The van der Waals surface area contributed by atoms with Crippen LogP contribution in [-0.2, 0) is 13.1 Å². The van der Waals surface area contributed by atoms with Gasteiger partial charge >= 0.3 is 0 Å². The van der Waals surface area contributed by atoms with Gasteiger partial charge in [-0.2, -0.15) is 5.26 Å². The molecule has 0 N–H and O–H groups in total. The van der Waals surface area contributed by atoms with Crippen LogP contribution in [0.15, 0.2) is 53.7 Å². The lowest BCUT2D eigenvalue weighted by atomic mass is 10.0. The van der Waals surface area contributed by atoms with Crippen molar-refractivity contribution >= 4 is 12.1 Å². The summed E-state index contributed by atoms with van der Waals surface area (Å²) in [5.74, 6) is 0.287. The SMILES string of the molecule is CN(Cc1cnc(C#N)c2c1CN=C2)C(=O)c1ccc(-c2ccccc2)c(OC2CC2)n1. The predicted molar refractivity (Wildman–Crippen MR) is 119 cm³/mol. The average Bonchev–Trinajstić information content (AvgIpc) is 3.50. The molecule has 158 valence electrons. The lowest BCUT2D eigenvalue weighted by Gasteiger charge is -2.19. The molecule has 2 aliphatic rings. The van der Waals surface area contributed by atoms with Gasteiger partial charge in [-0.25, -0.2) is 9.97 Å². The Morgan fingerprint density at radius 2 is 2.03 bits per heavy atom. The van der Waals surface area contributed by atoms with Crippen molar-refractivity contribution in [2.75, 3.05) is 7.05 Å². The Hall–Kier alpha value is -4.05. The fourth-order valence-corrected chi connectivity index (χ4v) is 3.74. The van der Waals surface area contributed by atoms with Crippen molar-refractivity contribution in [3.63, 3.8) is 0 Å². The molecule has 0 bridgehead atoms. The number of aromatic nitrogens is 2. The van der Waals surface area contributed by atoms with Gasteiger partial charge in [-0.1, -0.05) is 30.3 Å². The summed E-state index contributed by atoms with van der Waals surface area (Å²) in [6.45, 7) is 0.845. The molecule has 3 heterocycles. The molecular formula is C25H21N5O2. The Balaban J connectivity index is 1.41. The van der Waals surface area contributed by atoms with E-state index in [1.165, 1.54) is 0 Å². The minimum Gasteiger partial charge on any atom is -0.474 e. The first-order valence-corrected chi connectivity index (χ1v) is 10.5. The van der Waals surface area contributed by atoms with Crippen molar-refractivity contribution in [3.8, 4) is 23.1 Å². The van der Waals surface area contributed by atoms with Crippen LogP contribution in [0.3, 0.4) is 0 Å². The topological polar surface area (TPSA) is 91.5 Å². The molecule has 1 aliphatic heterocycles. The fraction of sp³-hybridized carbons (Fsp3) is 0.240. The summed E-state index contributed by atoms with van der Waals surface area (Å²) in [7, 11) is 1.73. The maximum absolute atomic E-state index is 13.2. The second kappa shape index (κ2) is 8.23. The van der Waals surface area contributed by atoms with Crippen LogP contribution in [0.1, 0.15) is 45.7 Å². The molecule has 0 unspecified atom stereocenters. The van der Waals surface area contributed by atoms with E-state index >= 15 is 0 Å². The summed E-state index contributed by atoms with van der Waals surface area (Å²) in [6.07, 6.45) is 5.51. The molecule has 1 amide bonds. The van der Waals surface area contributed by atoms with E-state index in [-0.39, 0.29) is 12.0 Å². The molecule has 7 heteroatoms. The number of carbonyl (C=O) groups is 1. The molecule has 1 aromatic carbocycles. The molecule has 1 aliphatic carbocycles. The predicted octanol–water partition coefficient (Wildman–Crippen LogP) is 3.76. The van der Waals surface area contributed by atoms with E-state index in [9.17, 15) is 10.1 Å². The lowest BCUT2D eigenvalue weighted by Crippen LogP contribution is -2.28. The summed E-state index contributed by atoms with van der Waals surface area (Å²) < 4.78 is 6.05. The van der Waals surface area contributed by atoms with Gasteiger partial charge in [0.25, 0.3) is 5.91 Å². The van der Waals surface area contributed by atoms with Crippen LogP contribution in [-0.4, -0.2) is 40.1 Å². The van der Waals surface area contributed by atoms with Gasteiger partial charge in [0.1, 0.15) is 23.6 Å². The largest absolute Gasteiger partial charge is 0.474 e. The van der Waals surface area contributed by atoms with Crippen molar-refractivity contribution in [1.29, 1.82) is 5.26 Å². The van der Waals surface area contributed by atoms with E-state index < -0.39 is 0 Å². The van der Waals surface area contributed by atoms with Gasteiger partial charge in [0.15, 0.2) is 0 Å². The molecule has 5 rings (SSSR count). The Bertz CT molecular complexity index is 1260. The Labute approximate surface area is 186 Å². The molecule has 3 aromatic rings. The average molecular weight is 423 g/mol. The number of pyridine rings is 2. The van der Waals surface area contributed by atoms with Crippen molar-refractivity contribution in [3.05, 3.63) is 76.7 Å². The minimum atomic E-state index is -0.206. The number of benzene rings is 1. The highest BCUT2D eigenvalue weighted by Crippen LogP contribution is 2.34. The van der Waals surface area contributed by atoms with Gasteiger partial charge in [-0.15, -0.1) is 0 Å². The zero-order valence-electron chi connectivity index (χ0n) is 17.7. The van der Waals surface area contributed by atoms with Crippen LogP contribution in [0.2, 0.25) is 0 Å².